The van der Waals surface area contributed by atoms with Crippen molar-refractivity contribution in [3.8, 4) is 0 Å². The molecule has 0 amide bonds. The van der Waals surface area contributed by atoms with E-state index in [2.05, 4.69) is 33.8 Å². The van der Waals surface area contributed by atoms with E-state index in [1.165, 1.54) is 5.56 Å². The number of aromatic nitrogens is 2. The smallest absolute Gasteiger partial charge is 0.0948 e. The van der Waals surface area contributed by atoms with Crippen molar-refractivity contribution in [1.82, 2.24) is 9.55 Å². The summed E-state index contributed by atoms with van der Waals surface area (Å²) in [4.78, 5) is 4.08. The molecule has 15 heavy (non-hydrogen) atoms. The van der Waals surface area contributed by atoms with Crippen LogP contribution in [0.25, 0.3) is 0 Å². The minimum atomic E-state index is 0.523. The zero-order chi connectivity index (χ0) is 10.5. The van der Waals surface area contributed by atoms with Crippen LogP contribution in [0.1, 0.15) is 11.3 Å². The van der Waals surface area contributed by atoms with Gasteiger partial charge in [0, 0.05) is 12.7 Å². The molecule has 0 radical (unpaired) electrons. The molecule has 0 saturated heterocycles. The van der Waals surface area contributed by atoms with E-state index in [0.717, 1.165) is 18.7 Å². The second-order valence-electron chi connectivity index (χ2n) is 3.45. The highest BCUT2D eigenvalue weighted by Crippen LogP contribution is 2.06. The first-order chi connectivity index (χ1) is 7.40. The molecule has 0 saturated carbocycles. The highest BCUT2D eigenvalue weighted by molar-refractivity contribution is 6.16. The molecule has 2 rings (SSSR count). The molecule has 1 aromatic carbocycles. The molecular weight excluding hydrogens is 208 g/mol. The summed E-state index contributed by atoms with van der Waals surface area (Å²) in [5, 5.41) is 0. The van der Waals surface area contributed by atoms with Gasteiger partial charge in [0.15, 0.2) is 0 Å². The number of imidazole rings is 1. The maximum absolute atomic E-state index is 5.79. The van der Waals surface area contributed by atoms with Gasteiger partial charge in [-0.3, -0.25) is 0 Å². The van der Waals surface area contributed by atoms with E-state index in [1.807, 2.05) is 18.6 Å². The second kappa shape index (κ2) is 4.99. The van der Waals surface area contributed by atoms with Crippen molar-refractivity contribution in [2.24, 2.45) is 0 Å². The number of halogens is 1. The van der Waals surface area contributed by atoms with Crippen LogP contribution in [0.5, 0.6) is 0 Å². The van der Waals surface area contributed by atoms with Crippen LogP contribution in [-0.2, 0) is 18.8 Å². The molecule has 0 atom stereocenters. The van der Waals surface area contributed by atoms with Crippen LogP contribution in [-0.4, -0.2) is 9.55 Å². The van der Waals surface area contributed by atoms with Gasteiger partial charge in [0.1, 0.15) is 0 Å². The Bertz CT molecular complexity index is 409. The average Bonchev–Trinajstić information content (AvgIpc) is 2.75. The van der Waals surface area contributed by atoms with Gasteiger partial charge < -0.3 is 4.57 Å². The summed E-state index contributed by atoms with van der Waals surface area (Å²) >= 11 is 5.79. The number of hydrogen-bond donors (Lipinski definition) is 0. The summed E-state index contributed by atoms with van der Waals surface area (Å²) in [6.45, 7) is 0.937. The molecule has 0 unspecified atom stereocenters. The highest BCUT2D eigenvalue weighted by atomic mass is 35.5. The van der Waals surface area contributed by atoms with Crippen molar-refractivity contribution < 1.29 is 0 Å². The van der Waals surface area contributed by atoms with E-state index in [0.29, 0.717) is 5.88 Å². The summed E-state index contributed by atoms with van der Waals surface area (Å²) in [5.41, 5.74) is 2.42. The summed E-state index contributed by atoms with van der Waals surface area (Å²) < 4.78 is 2.10. The van der Waals surface area contributed by atoms with Gasteiger partial charge in [0.25, 0.3) is 0 Å². The Morgan fingerprint density at radius 1 is 1.20 bits per heavy atom. The molecule has 3 heteroatoms. The molecule has 0 N–H and O–H groups in total. The topological polar surface area (TPSA) is 17.8 Å². The fraction of sp³-hybridized carbons (Fsp3) is 0.250. The van der Waals surface area contributed by atoms with Crippen LogP contribution in [0.4, 0.5) is 0 Å². The summed E-state index contributed by atoms with van der Waals surface area (Å²) in [6.07, 6.45) is 4.67. The van der Waals surface area contributed by atoms with Crippen LogP contribution in [0.15, 0.2) is 42.9 Å². The van der Waals surface area contributed by atoms with E-state index >= 15 is 0 Å². The molecule has 0 bridgehead atoms. The minimum absolute atomic E-state index is 0.523. The van der Waals surface area contributed by atoms with Gasteiger partial charge >= 0.3 is 0 Å². The molecule has 1 aromatic heterocycles. The van der Waals surface area contributed by atoms with Gasteiger partial charge in [-0.15, -0.1) is 11.6 Å². The minimum Gasteiger partial charge on any atom is -0.333 e. The monoisotopic (exact) mass is 220 g/mol. The molecule has 0 fully saturated rings. The summed E-state index contributed by atoms with van der Waals surface area (Å²) in [5.74, 6) is 0.523. The predicted octanol–water partition coefficient (Wildman–Crippen LogP) is 2.86. The Balaban J connectivity index is 1.99. The Morgan fingerprint density at radius 3 is 2.73 bits per heavy atom. The maximum Gasteiger partial charge on any atom is 0.0948 e. The van der Waals surface area contributed by atoms with Gasteiger partial charge in [0.05, 0.1) is 17.9 Å². The standard InChI is InChI=1S/C12H13ClN2/c13-8-12-9-14-10-15(12)7-6-11-4-2-1-3-5-11/h1-5,9-10H,6-8H2. The van der Waals surface area contributed by atoms with E-state index in [9.17, 15) is 0 Å². The first-order valence-corrected chi connectivity index (χ1v) is 5.52. The van der Waals surface area contributed by atoms with Gasteiger partial charge in [-0.05, 0) is 12.0 Å². The first-order valence-electron chi connectivity index (χ1n) is 4.99. The highest BCUT2D eigenvalue weighted by Gasteiger charge is 2.00. The average molecular weight is 221 g/mol. The van der Waals surface area contributed by atoms with Crippen molar-refractivity contribution in [2.45, 2.75) is 18.8 Å². The lowest BCUT2D eigenvalue weighted by Gasteiger charge is -2.05. The number of aryl methyl sites for hydroxylation is 2. The molecule has 0 aliphatic carbocycles. The molecular formula is C12H13ClN2. The Kier molecular flexibility index (Phi) is 3.41. The fourth-order valence-corrected chi connectivity index (χ4v) is 1.78. The van der Waals surface area contributed by atoms with Crippen LogP contribution < -0.4 is 0 Å². The number of hydrogen-bond acceptors (Lipinski definition) is 1. The third kappa shape index (κ3) is 2.60. The summed E-state index contributed by atoms with van der Waals surface area (Å²) in [6, 6.07) is 10.4. The largest absolute Gasteiger partial charge is 0.333 e. The zero-order valence-corrected chi connectivity index (χ0v) is 9.19. The number of alkyl halides is 1. The number of benzene rings is 1. The third-order valence-corrected chi connectivity index (χ3v) is 2.69. The lowest BCUT2D eigenvalue weighted by atomic mass is 10.1. The second-order valence-corrected chi connectivity index (χ2v) is 3.71. The van der Waals surface area contributed by atoms with Gasteiger partial charge in [0.2, 0.25) is 0 Å². The van der Waals surface area contributed by atoms with Gasteiger partial charge in [-0.2, -0.15) is 0 Å². The Hall–Kier alpha value is -1.28. The zero-order valence-electron chi connectivity index (χ0n) is 8.44. The lowest BCUT2D eigenvalue weighted by molar-refractivity contribution is 0.674. The predicted molar refractivity (Wildman–Crippen MR) is 61.9 cm³/mol. The molecule has 0 aliphatic heterocycles. The van der Waals surface area contributed by atoms with Crippen molar-refractivity contribution >= 4 is 11.6 Å². The molecule has 2 nitrogen and oxygen atoms in total. The van der Waals surface area contributed by atoms with Crippen LogP contribution in [0.2, 0.25) is 0 Å². The van der Waals surface area contributed by atoms with Crippen molar-refractivity contribution in [3.63, 3.8) is 0 Å². The van der Waals surface area contributed by atoms with E-state index in [4.69, 9.17) is 11.6 Å². The van der Waals surface area contributed by atoms with Crippen molar-refractivity contribution in [3.05, 3.63) is 54.1 Å². The SMILES string of the molecule is ClCc1cncn1CCc1ccccc1. The van der Waals surface area contributed by atoms with Crippen LogP contribution >= 0.6 is 11.6 Å². The summed E-state index contributed by atoms with van der Waals surface area (Å²) in [7, 11) is 0. The molecule has 78 valence electrons. The molecule has 1 heterocycles. The van der Waals surface area contributed by atoms with Crippen molar-refractivity contribution in [2.75, 3.05) is 0 Å². The number of nitrogens with zero attached hydrogens (tertiary/aromatic N) is 2. The lowest BCUT2D eigenvalue weighted by Crippen LogP contribution is -2.02. The first kappa shape index (κ1) is 10.2. The quantitative estimate of drug-likeness (QED) is 0.725. The normalized spacial score (nSPS) is 10.5. The Labute approximate surface area is 94.5 Å². The van der Waals surface area contributed by atoms with Crippen molar-refractivity contribution in [1.29, 1.82) is 0 Å². The van der Waals surface area contributed by atoms with Gasteiger partial charge in [-0.1, -0.05) is 30.3 Å². The fourth-order valence-electron chi connectivity index (χ4n) is 1.55. The number of rotatable bonds is 4. The third-order valence-electron chi connectivity index (χ3n) is 2.42. The maximum atomic E-state index is 5.79. The molecule has 2 aromatic rings. The van der Waals surface area contributed by atoms with Gasteiger partial charge in [-0.25, -0.2) is 4.98 Å². The van der Waals surface area contributed by atoms with E-state index < -0.39 is 0 Å². The Morgan fingerprint density at radius 2 is 2.00 bits per heavy atom. The molecule has 0 aliphatic rings. The van der Waals surface area contributed by atoms with E-state index in [1.54, 1.807) is 0 Å². The van der Waals surface area contributed by atoms with Crippen LogP contribution in [0, 0.1) is 0 Å². The van der Waals surface area contributed by atoms with E-state index in [-0.39, 0.29) is 0 Å². The molecule has 0 spiro atoms. The van der Waals surface area contributed by atoms with Crippen LogP contribution in [0.3, 0.4) is 0 Å².